The summed E-state index contributed by atoms with van der Waals surface area (Å²) in [4.78, 5) is 22.0. The van der Waals surface area contributed by atoms with Gasteiger partial charge in [0.25, 0.3) is 5.69 Å². The van der Waals surface area contributed by atoms with Crippen molar-refractivity contribution >= 4 is 50.9 Å². The highest BCUT2D eigenvalue weighted by molar-refractivity contribution is 9.10. The van der Waals surface area contributed by atoms with Gasteiger partial charge in [-0.05, 0) is 42.0 Å². The van der Waals surface area contributed by atoms with Gasteiger partial charge >= 0.3 is 0 Å². The molecule has 0 aliphatic carbocycles. The molecule has 0 atom stereocenters. The topological polar surface area (TPSA) is 72.2 Å². The van der Waals surface area contributed by atoms with Gasteiger partial charge in [-0.3, -0.25) is 14.9 Å². The van der Waals surface area contributed by atoms with Crippen LogP contribution in [0.15, 0.2) is 53.0 Å². The van der Waals surface area contributed by atoms with E-state index in [4.69, 9.17) is 11.6 Å². The molecule has 7 heteroatoms. The van der Waals surface area contributed by atoms with Crippen LogP contribution in [0.25, 0.3) is 6.08 Å². The highest BCUT2D eigenvalue weighted by atomic mass is 79.9. The van der Waals surface area contributed by atoms with Crippen LogP contribution < -0.4 is 5.32 Å². The van der Waals surface area contributed by atoms with E-state index in [0.29, 0.717) is 11.3 Å². The largest absolute Gasteiger partial charge is 0.323 e. The maximum Gasteiger partial charge on any atom is 0.288 e. The van der Waals surface area contributed by atoms with E-state index in [0.717, 1.165) is 4.47 Å². The second kappa shape index (κ2) is 7.20. The van der Waals surface area contributed by atoms with E-state index in [-0.39, 0.29) is 16.6 Å². The first-order valence-electron chi connectivity index (χ1n) is 6.14. The van der Waals surface area contributed by atoms with Crippen LogP contribution in [-0.4, -0.2) is 10.8 Å². The minimum atomic E-state index is -0.568. The van der Waals surface area contributed by atoms with Crippen LogP contribution in [0.5, 0.6) is 0 Å². The lowest BCUT2D eigenvalue weighted by Crippen LogP contribution is -2.07. The Labute approximate surface area is 139 Å². The van der Waals surface area contributed by atoms with Crippen molar-refractivity contribution in [3.63, 3.8) is 0 Å². The van der Waals surface area contributed by atoms with Gasteiger partial charge in [0.15, 0.2) is 0 Å². The van der Waals surface area contributed by atoms with E-state index < -0.39 is 4.92 Å². The maximum absolute atomic E-state index is 11.8. The lowest BCUT2D eigenvalue weighted by molar-refractivity contribution is -0.384. The van der Waals surface area contributed by atoms with Crippen LogP contribution in [0.1, 0.15) is 5.56 Å². The molecule has 0 bridgehead atoms. The number of anilines is 1. The monoisotopic (exact) mass is 380 g/mol. The van der Waals surface area contributed by atoms with Crippen molar-refractivity contribution in [1.29, 1.82) is 0 Å². The van der Waals surface area contributed by atoms with E-state index in [1.165, 1.54) is 24.3 Å². The van der Waals surface area contributed by atoms with Crippen LogP contribution in [-0.2, 0) is 4.79 Å². The smallest absolute Gasteiger partial charge is 0.288 e. The lowest BCUT2D eigenvalue weighted by atomic mass is 10.2. The third-order valence-electron chi connectivity index (χ3n) is 2.71. The first kappa shape index (κ1) is 16.2. The Balaban J connectivity index is 2.08. The number of carbonyl (C=O) groups is 1. The summed E-state index contributed by atoms with van der Waals surface area (Å²) in [5.74, 6) is -0.333. The number of nitro groups is 1. The van der Waals surface area contributed by atoms with E-state index in [1.807, 2.05) is 12.1 Å². The zero-order chi connectivity index (χ0) is 16.1. The third-order valence-corrected chi connectivity index (χ3v) is 3.55. The summed E-state index contributed by atoms with van der Waals surface area (Å²) in [6, 6.07) is 11.5. The number of amides is 1. The first-order chi connectivity index (χ1) is 10.5. The van der Waals surface area contributed by atoms with E-state index in [9.17, 15) is 14.9 Å². The molecule has 0 heterocycles. The van der Waals surface area contributed by atoms with Gasteiger partial charge in [-0.15, -0.1) is 0 Å². The fourth-order valence-corrected chi connectivity index (χ4v) is 2.11. The summed E-state index contributed by atoms with van der Waals surface area (Å²) in [5, 5.41) is 13.5. The molecule has 0 unspecified atom stereocenters. The summed E-state index contributed by atoms with van der Waals surface area (Å²) >= 11 is 9.03. The Morgan fingerprint density at radius 1 is 1.23 bits per heavy atom. The SMILES string of the molecule is O=C(C=Cc1ccc(Cl)c([N+](=O)[O-])c1)Nc1ccc(Br)cc1. The van der Waals surface area contributed by atoms with Gasteiger partial charge in [0, 0.05) is 22.3 Å². The summed E-state index contributed by atoms with van der Waals surface area (Å²) in [7, 11) is 0. The number of rotatable bonds is 4. The molecular formula is C15H10BrClN2O3. The Morgan fingerprint density at radius 3 is 2.55 bits per heavy atom. The molecule has 1 N–H and O–H groups in total. The van der Waals surface area contributed by atoms with Gasteiger partial charge in [0.2, 0.25) is 5.91 Å². The Hall–Kier alpha value is -2.18. The van der Waals surface area contributed by atoms with Crippen molar-refractivity contribution in [2.45, 2.75) is 0 Å². The fourth-order valence-electron chi connectivity index (χ4n) is 1.66. The number of carbonyl (C=O) groups excluding carboxylic acids is 1. The zero-order valence-corrected chi connectivity index (χ0v) is 13.5. The highest BCUT2D eigenvalue weighted by Gasteiger charge is 2.11. The van der Waals surface area contributed by atoms with Crippen LogP contribution in [0, 0.1) is 10.1 Å². The molecule has 22 heavy (non-hydrogen) atoms. The Bertz CT molecular complexity index is 745. The second-order valence-corrected chi connectivity index (χ2v) is 5.62. The molecule has 2 aromatic rings. The average Bonchev–Trinajstić information content (AvgIpc) is 2.48. The Kier molecular flexibility index (Phi) is 5.30. The van der Waals surface area contributed by atoms with Gasteiger partial charge in [-0.25, -0.2) is 0 Å². The number of nitrogens with one attached hydrogen (secondary N) is 1. The molecule has 0 aliphatic rings. The van der Waals surface area contributed by atoms with Crippen molar-refractivity contribution in [2.75, 3.05) is 5.32 Å². The molecule has 112 valence electrons. The molecule has 0 radical (unpaired) electrons. The molecule has 2 rings (SSSR count). The van der Waals surface area contributed by atoms with Crippen LogP contribution >= 0.6 is 27.5 Å². The second-order valence-electron chi connectivity index (χ2n) is 4.30. The average molecular weight is 382 g/mol. The summed E-state index contributed by atoms with van der Waals surface area (Å²) in [6.45, 7) is 0. The fraction of sp³-hybridized carbons (Fsp3) is 0. The number of hydrogen-bond acceptors (Lipinski definition) is 3. The predicted molar refractivity (Wildman–Crippen MR) is 89.9 cm³/mol. The number of nitrogens with zero attached hydrogens (tertiary/aromatic N) is 1. The van der Waals surface area contributed by atoms with Gasteiger partial charge in [0.05, 0.1) is 4.92 Å². The number of hydrogen-bond donors (Lipinski definition) is 1. The highest BCUT2D eigenvalue weighted by Crippen LogP contribution is 2.25. The van der Waals surface area contributed by atoms with Crippen LogP contribution in [0.2, 0.25) is 5.02 Å². The van der Waals surface area contributed by atoms with Crippen molar-refractivity contribution < 1.29 is 9.72 Å². The zero-order valence-electron chi connectivity index (χ0n) is 11.1. The standard InChI is InChI=1S/C15H10BrClN2O3/c16-11-3-5-12(6-4-11)18-15(20)8-2-10-1-7-13(17)14(9-10)19(21)22/h1-9H,(H,18,20). The van der Waals surface area contributed by atoms with Gasteiger partial charge < -0.3 is 5.32 Å². The Morgan fingerprint density at radius 2 is 1.91 bits per heavy atom. The lowest BCUT2D eigenvalue weighted by Gasteiger charge is -2.02. The summed E-state index contributed by atoms with van der Waals surface area (Å²) < 4.78 is 0.912. The molecule has 0 aliphatic heterocycles. The van der Waals surface area contributed by atoms with E-state index in [2.05, 4.69) is 21.2 Å². The van der Waals surface area contributed by atoms with E-state index >= 15 is 0 Å². The van der Waals surface area contributed by atoms with Crippen LogP contribution in [0.4, 0.5) is 11.4 Å². The number of halogens is 2. The van der Waals surface area contributed by atoms with Gasteiger partial charge in [-0.2, -0.15) is 0 Å². The van der Waals surface area contributed by atoms with E-state index in [1.54, 1.807) is 18.2 Å². The van der Waals surface area contributed by atoms with Gasteiger partial charge in [-0.1, -0.05) is 33.6 Å². The molecule has 0 saturated carbocycles. The van der Waals surface area contributed by atoms with Crippen molar-refractivity contribution in [3.05, 3.63) is 73.7 Å². The molecule has 1 amide bonds. The normalized spacial score (nSPS) is 10.6. The number of nitro benzene ring substituents is 1. The first-order valence-corrected chi connectivity index (χ1v) is 7.31. The van der Waals surface area contributed by atoms with Gasteiger partial charge in [0.1, 0.15) is 5.02 Å². The molecule has 0 aromatic heterocycles. The molecule has 2 aromatic carbocycles. The van der Waals surface area contributed by atoms with Crippen molar-refractivity contribution in [3.8, 4) is 0 Å². The molecule has 0 spiro atoms. The predicted octanol–water partition coefficient (Wildman–Crippen LogP) is 4.66. The maximum atomic E-state index is 11.8. The van der Waals surface area contributed by atoms with Crippen LogP contribution in [0.3, 0.4) is 0 Å². The number of benzene rings is 2. The quantitative estimate of drug-likeness (QED) is 0.475. The minimum absolute atomic E-state index is 0.0569. The third kappa shape index (κ3) is 4.41. The summed E-state index contributed by atoms with van der Waals surface area (Å²) in [5.41, 5.74) is 0.971. The van der Waals surface area contributed by atoms with Crippen molar-refractivity contribution in [2.24, 2.45) is 0 Å². The molecule has 0 saturated heterocycles. The summed E-state index contributed by atoms with van der Waals surface area (Å²) in [6.07, 6.45) is 2.78. The van der Waals surface area contributed by atoms with Crippen molar-refractivity contribution in [1.82, 2.24) is 0 Å². The molecule has 0 fully saturated rings. The minimum Gasteiger partial charge on any atom is -0.323 e. The molecule has 5 nitrogen and oxygen atoms in total. The molecular weight excluding hydrogens is 372 g/mol.